The largest absolute Gasteiger partial charge is 0.474 e. The quantitative estimate of drug-likeness (QED) is 0.544. The van der Waals surface area contributed by atoms with Gasteiger partial charge in [0.15, 0.2) is 0 Å². The number of hydrogen-bond acceptors (Lipinski definition) is 7. The van der Waals surface area contributed by atoms with Crippen LogP contribution in [0.2, 0.25) is 0 Å². The van der Waals surface area contributed by atoms with Crippen LogP contribution in [0.4, 0.5) is 15.4 Å². The summed E-state index contributed by atoms with van der Waals surface area (Å²) < 4.78 is 11.3. The monoisotopic (exact) mass is 483 g/mol. The second-order valence-corrected chi connectivity index (χ2v) is 10.0. The summed E-state index contributed by atoms with van der Waals surface area (Å²) in [5.41, 5.74) is 0.0613. The number of carboxylic acid groups (broad SMARTS) is 1. The van der Waals surface area contributed by atoms with Gasteiger partial charge in [-0.3, -0.25) is 4.90 Å². The Morgan fingerprint density at radius 2 is 1.89 bits per heavy atom. The Labute approximate surface area is 205 Å². The van der Waals surface area contributed by atoms with Gasteiger partial charge >= 0.3 is 12.2 Å². The zero-order valence-electron chi connectivity index (χ0n) is 21.2. The predicted molar refractivity (Wildman–Crippen MR) is 131 cm³/mol. The molecule has 0 unspecified atom stereocenters. The van der Waals surface area contributed by atoms with Crippen molar-refractivity contribution in [2.75, 3.05) is 18.6 Å². The first kappa shape index (κ1) is 27.4. The van der Waals surface area contributed by atoms with Crippen molar-refractivity contribution in [2.24, 2.45) is 5.92 Å². The molecule has 0 aliphatic rings. The van der Waals surface area contributed by atoms with E-state index in [0.717, 1.165) is 4.90 Å². The molecule has 0 aliphatic heterocycles. The molecule has 0 bridgehead atoms. The maximum Gasteiger partial charge on any atom is 0.412 e. The molecule has 35 heavy (non-hydrogen) atoms. The van der Waals surface area contributed by atoms with E-state index in [1.807, 2.05) is 20.8 Å². The summed E-state index contributed by atoms with van der Waals surface area (Å²) in [6.45, 7) is 11.4. The van der Waals surface area contributed by atoms with Gasteiger partial charge in [-0.1, -0.05) is 13.8 Å². The molecule has 10 heteroatoms. The number of anilines is 1. The number of nitrogens with zero attached hydrogens (tertiary/aromatic N) is 4. The van der Waals surface area contributed by atoms with Crippen molar-refractivity contribution in [2.45, 2.75) is 59.1 Å². The van der Waals surface area contributed by atoms with Crippen LogP contribution in [0.25, 0.3) is 11.1 Å². The third-order valence-corrected chi connectivity index (χ3v) is 4.87. The van der Waals surface area contributed by atoms with Gasteiger partial charge in [0.2, 0.25) is 5.88 Å². The zero-order valence-corrected chi connectivity index (χ0v) is 21.2. The number of hydrogen-bond donors (Lipinski definition) is 2. The summed E-state index contributed by atoms with van der Waals surface area (Å²) in [6, 6.07) is 7.00. The third kappa shape index (κ3) is 8.14. The maximum atomic E-state index is 12.4. The Morgan fingerprint density at radius 1 is 1.20 bits per heavy atom. The van der Waals surface area contributed by atoms with E-state index in [0.29, 0.717) is 17.5 Å². The molecule has 2 aromatic heterocycles. The highest BCUT2D eigenvalue weighted by Crippen LogP contribution is 2.27. The Hall–Kier alpha value is -3.87. The lowest BCUT2D eigenvalue weighted by Crippen LogP contribution is -2.52. The van der Waals surface area contributed by atoms with Crippen LogP contribution >= 0.6 is 0 Å². The van der Waals surface area contributed by atoms with Crippen LogP contribution in [0.15, 0.2) is 30.6 Å². The van der Waals surface area contributed by atoms with Gasteiger partial charge in [0, 0.05) is 25.0 Å². The minimum absolute atomic E-state index is 0.0776. The molecule has 0 spiro atoms. The van der Waals surface area contributed by atoms with Crippen molar-refractivity contribution in [3.63, 3.8) is 0 Å². The highest BCUT2D eigenvalue weighted by molar-refractivity contribution is 5.85. The Morgan fingerprint density at radius 3 is 2.46 bits per heavy atom. The summed E-state index contributed by atoms with van der Waals surface area (Å²) in [6.07, 6.45) is 1.95. The number of nitriles is 1. The highest BCUT2D eigenvalue weighted by atomic mass is 16.6. The molecule has 2 amide bonds. The van der Waals surface area contributed by atoms with E-state index in [2.05, 4.69) is 21.4 Å². The lowest BCUT2D eigenvalue weighted by atomic mass is 9.91. The lowest BCUT2D eigenvalue weighted by molar-refractivity contribution is 0.0405. The molecule has 0 saturated carbocycles. The SMILES string of the molecule is CC(C)C[C@@](C)(COc1ncc(-c2ccnc(N(C)C(=O)O)c2)cc1C#N)NC(=O)OC(C)(C)C. The van der Waals surface area contributed by atoms with Gasteiger partial charge in [0.1, 0.15) is 29.7 Å². The Balaban J connectivity index is 2.25. The van der Waals surface area contributed by atoms with Gasteiger partial charge in [-0.25, -0.2) is 19.6 Å². The van der Waals surface area contributed by atoms with Gasteiger partial charge in [0.05, 0.1) is 5.54 Å². The number of aromatic nitrogens is 2. The average molecular weight is 484 g/mol. The Kier molecular flexibility index (Phi) is 8.63. The zero-order chi connectivity index (χ0) is 26.4. The van der Waals surface area contributed by atoms with Crippen LogP contribution in [-0.2, 0) is 4.74 Å². The normalized spacial score (nSPS) is 12.9. The summed E-state index contributed by atoms with van der Waals surface area (Å²) in [7, 11) is 1.39. The summed E-state index contributed by atoms with van der Waals surface area (Å²) >= 11 is 0. The van der Waals surface area contributed by atoms with E-state index in [1.165, 1.54) is 19.4 Å². The van der Waals surface area contributed by atoms with Crippen molar-refractivity contribution < 1.29 is 24.2 Å². The van der Waals surface area contributed by atoms with Crippen LogP contribution < -0.4 is 15.0 Å². The van der Waals surface area contributed by atoms with Gasteiger partial charge in [-0.15, -0.1) is 0 Å². The second-order valence-electron chi connectivity index (χ2n) is 10.0. The number of amides is 2. The number of alkyl carbamates (subject to hydrolysis) is 1. The van der Waals surface area contributed by atoms with Gasteiger partial charge in [-0.2, -0.15) is 5.26 Å². The smallest absolute Gasteiger partial charge is 0.412 e. The van der Waals surface area contributed by atoms with E-state index in [9.17, 15) is 20.0 Å². The molecule has 0 radical (unpaired) electrons. The Bertz CT molecular complexity index is 1110. The van der Waals surface area contributed by atoms with E-state index >= 15 is 0 Å². The van der Waals surface area contributed by atoms with E-state index < -0.39 is 23.3 Å². The summed E-state index contributed by atoms with van der Waals surface area (Å²) in [5.74, 6) is 0.634. The minimum atomic E-state index is -1.14. The van der Waals surface area contributed by atoms with Crippen molar-refractivity contribution >= 4 is 18.0 Å². The highest BCUT2D eigenvalue weighted by Gasteiger charge is 2.31. The molecular formula is C25H33N5O5. The molecule has 2 rings (SSSR count). The molecule has 0 aliphatic carbocycles. The number of pyridine rings is 2. The van der Waals surface area contributed by atoms with Crippen molar-refractivity contribution in [1.82, 2.24) is 15.3 Å². The molecule has 10 nitrogen and oxygen atoms in total. The number of nitrogens with one attached hydrogen (secondary N) is 1. The fourth-order valence-corrected chi connectivity index (χ4v) is 3.51. The standard InChI is InChI=1S/C25H33N5O5/c1-16(2)12-25(6,29-22(31)35-24(3,4)5)15-34-21-18(13-26)10-19(14-28-21)17-8-9-27-20(11-17)30(7)23(32)33/h8-11,14,16H,12,15H2,1-7H3,(H,29,31)(H,32,33)/t25-/m0/s1. The molecule has 0 fully saturated rings. The van der Waals surface area contributed by atoms with Gasteiger partial charge < -0.3 is 19.9 Å². The number of carbonyl (C=O) groups is 2. The fourth-order valence-electron chi connectivity index (χ4n) is 3.51. The van der Waals surface area contributed by atoms with Crippen molar-refractivity contribution in [3.05, 3.63) is 36.2 Å². The first-order valence-electron chi connectivity index (χ1n) is 11.2. The predicted octanol–water partition coefficient (Wildman–Crippen LogP) is 4.84. The molecule has 2 N–H and O–H groups in total. The van der Waals surface area contributed by atoms with Crippen molar-refractivity contribution in [3.8, 4) is 23.1 Å². The molecule has 188 valence electrons. The van der Waals surface area contributed by atoms with Crippen LogP contribution in [0, 0.1) is 17.2 Å². The molecular weight excluding hydrogens is 450 g/mol. The minimum Gasteiger partial charge on any atom is -0.474 e. The topological polar surface area (TPSA) is 138 Å². The number of ether oxygens (including phenoxy) is 2. The van der Waals surface area contributed by atoms with Crippen LogP contribution in [0.3, 0.4) is 0 Å². The van der Waals surface area contributed by atoms with Gasteiger partial charge in [0.25, 0.3) is 0 Å². The first-order chi connectivity index (χ1) is 16.2. The maximum absolute atomic E-state index is 12.4. The van der Waals surface area contributed by atoms with Crippen LogP contribution in [0.1, 0.15) is 53.5 Å². The summed E-state index contributed by atoms with van der Waals surface area (Å²) in [4.78, 5) is 33.0. The molecule has 1 atom stereocenters. The summed E-state index contributed by atoms with van der Waals surface area (Å²) in [5, 5.41) is 21.8. The number of carbonyl (C=O) groups excluding carboxylic acids is 1. The molecule has 0 saturated heterocycles. The van der Waals surface area contributed by atoms with E-state index in [4.69, 9.17) is 9.47 Å². The molecule has 0 aromatic carbocycles. The number of rotatable bonds is 8. The van der Waals surface area contributed by atoms with Crippen molar-refractivity contribution in [1.29, 1.82) is 5.26 Å². The second kappa shape index (κ2) is 11.0. The van der Waals surface area contributed by atoms with Crippen LogP contribution in [0.5, 0.6) is 5.88 Å². The molecule has 2 heterocycles. The first-order valence-corrected chi connectivity index (χ1v) is 11.2. The average Bonchev–Trinajstić information content (AvgIpc) is 2.75. The third-order valence-electron chi connectivity index (χ3n) is 4.87. The van der Waals surface area contributed by atoms with E-state index in [1.54, 1.807) is 39.0 Å². The van der Waals surface area contributed by atoms with Crippen LogP contribution in [-0.4, -0.2) is 52.1 Å². The lowest BCUT2D eigenvalue weighted by Gasteiger charge is -2.33. The fraction of sp³-hybridized carbons (Fsp3) is 0.480. The van der Waals surface area contributed by atoms with Gasteiger partial charge in [-0.05, 0) is 63.8 Å². The molecule has 2 aromatic rings. The van der Waals surface area contributed by atoms with E-state index in [-0.39, 0.29) is 29.8 Å².